The third kappa shape index (κ3) is 2.00. The van der Waals surface area contributed by atoms with Crippen molar-refractivity contribution >= 4 is 27.5 Å². The van der Waals surface area contributed by atoms with Crippen molar-refractivity contribution in [1.29, 1.82) is 0 Å². The smallest absolute Gasteiger partial charge is 0.0541 e. The van der Waals surface area contributed by atoms with E-state index in [-0.39, 0.29) is 0 Å². The van der Waals surface area contributed by atoms with Crippen LogP contribution in [0.5, 0.6) is 0 Å². The van der Waals surface area contributed by atoms with Gasteiger partial charge in [0.2, 0.25) is 0 Å². The largest absolute Gasteiger partial charge is 0.319 e. The van der Waals surface area contributed by atoms with Gasteiger partial charge in [0.15, 0.2) is 0 Å². The topological polar surface area (TPSA) is 30.9 Å². The molecule has 2 N–H and O–H groups in total. The quantitative estimate of drug-likeness (QED) is 0.702. The maximum Gasteiger partial charge on any atom is 0.0541 e. The number of benzene rings is 2. The van der Waals surface area contributed by atoms with Crippen LogP contribution in [0.25, 0.3) is 27.5 Å². The first-order valence-electron chi connectivity index (χ1n) is 7.52. The first kappa shape index (κ1) is 13.1. The molecule has 1 aliphatic rings. The van der Waals surface area contributed by atoms with Crippen molar-refractivity contribution in [3.05, 3.63) is 78.9 Å². The molecule has 108 valence electrons. The zero-order chi connectivity index (χ0) is 15.2. The molecule has 2 heteroatoms. The lowest BCUT2D eigenvalue weighted by atomic mass is 10.0. The van der Waals surface area contributed by atoms with Gasteiger partial charge in [0.05, 0.1) is 16.6 Å². The second-order valence-corrected chi connectivity index (χ2v) is 6.02. The molecular weight excluding hydrogens is 268 g/mol. The third-order valence-corrected chi connectivity index (χ3v) is 4.17. The van der Waals surface area contributed by atoms with Gasteiger partial charge in [0.1, 0.15) is 0 Å². The molecule has 1 heterocycles. The van der Waals surface area contributed by atoms with E-state index in [0.717, 1.165) is 5.70 Å². The van der Waals surface area contributed by atoms with E-state index in [1.807, 2.05) is 25.2 Å². The van der Waals surface area contributed by atoms with Gasteiger partial charge in [-0.25, -0.2) is 0 Å². The molecule has 2 nitrogen and oxygen atoms in total. The normalized spacial score (nSPS) is 21.3. The summed E-state index contributed by atoms with van der Waals surface area (Å²) in [4.78, 5) is 0. The van der Waals surface area contributed by atoms with E-state index in [2.05, 4.69) is 65.3 Å². The summed E-state index contributed by atoms with van der Waals surface area (Å²) in [5.41, 5.74) is 9.36. The van der Waals surface area contributed by atoms with Gasteiger partial charge in [-0.3, -0.25) is 0 Å². The van der Waals surface area contributed by atoms with E-state index in [9.17, 15) is 0 Å². The van der Waals surface area contributed by atoms with E-state index in [1.165, 1.54) is 21.8 Å². The monoisotopic (exact) mass is 286 g/mol. The van der Waals surface area contributed by atoms with Crippen molar-refractivity contribution in [1.82, 2.24) is 4.57 Å². The number of fused-ring (bicyclic) bond motifs is 3. The molecule has 1 aliphatic carbocycles. The predicted octanol–water partition coefficient (Wildman–Crippen LogP) is 4.48. The lowest BCUT2D eigenvalue weighted by Gasteiger charge is -2.13. The Morgan fingerprint density at radius 3 is 2.09 bits per heavy atom. The highest BCUT2D eigenvalue weighted by Gasteiger charge is 2.15. The van der Waals surface area contributed by atoms with Crippen LogP contribution >= 0.6 is 0 Å². The molecule has 0 bridgehead atoms. The minimum absolute atomic E-state index is 0.406. The fourth-order valence-electron chi connectivity index (χ4n) is 3.08. The summed E-state index contributed by atoms with van der Waals surface area (Å²) in [5, 5.41) is 2.55. The van der Waals surface area contributed by atoms with Gasteiger partial charge in [-0.15, -0.1) is 0 Å². The molecule has 1 aromatic heterocycles. The molecular formula is C20H18N2. The summed E-state index contributed by atoms with van der Waals surface area (Å²) in [5.74, 6) is 0. The summed E-state index contributed by atoms with van der Waals surface area (Å²) >= 11 is 0. The number of hydrogen-bond acceptors (Lipinski definition) is 1. The molecule has 0 spiro atoms. The summed E-state index contributed by atoms with van der Waals surface area (Å²) < 4.78 is 2.30. The Labute approximate surface area is 129 Å². The number of hydrogen-bond donors (Lipinski definition) is 1. The molecule has 0 saturated heterocycles. The van der Waals surface area contributed by atoms with E-state index >= 15 is 0 Å². The molecule has 22 heavy (non-hydrogen) atoms. The van der Waals surface area contributed by atoms with Gasteiger partial charge in [-0.2, -0.15) is 0 Å². The molecule has 0 fully saturated rings. The van der Waals surface area contributed by atoms with Crippen LogP contribution < -0.4 is 5.73 Å². The van der Waals surface area contributed by atoms with E-state index in [0.29, 0.717) is 0 Å². The van der Waals surface area contributed by atoms with Crippen LogP contribution in [0.4, 0.5) is 0 Å². The standard InChI is InChI=1S/C20H18N2/c1-20(21)13-6-7-15(12-14-20)22-18-10-4-2-8-16(18)17-9-3-5-11-19(17)22/h2-14H,21H2,1H3. The zero-order valence-electron chi connectivity index (χ0n) is 12.5. The highest BCUT2D eigenvalue weighted by molar-refractivity contribution is 6.10. The Kier molecular flexibility index (Phi) is 2.81. The Morgan fingerprint density at radius 1 is 0.864 bits per heavy atom. The summed E-state index contributed by atoms with van der Waals surface area (Å²) in [6.07, 6.45) is 10.3. The van der Waals surface area contributed by atoms with E-state index < -0.39 is 5.54 Å². The van der Waals surface area contributed by atoms with Gasteiger partial charge < -0.3 is 10.3 Å². The highest BCUT2D eigenvalue weighted by atomic mass is 15.0. The Morgan fingerprint density at radius 2 is 1.45 bits per heavy atom. The van der Waals surface area contributed by atoms with Gasteiger partial charge in [0.25, 0.3) is 0 Å². The highest BCUT2D eigenvalue weighted by Crippen LogP contribution is 2.32. The average Bonchev–Trinajstić information content (AvgIpc) is 2.74. The van der Waals surface area contributed by atoms with Crippen molar-refractivity contribution in [3.8, 4) is 0 Å². The lowest BCUT2D eigenvalue weighted by molar-refractivity contribution is 0.736. The van der Waals surface area contributed by atoms with Crippen LogP contribution in [0.2, 0.25) is 0 Å². The van der Waals surface area contributed by atoms with Crippen molar-refractivity contribution in [2.75, 3.05) is 0 Å². The zero-order valence-corrected chi connectivity index (χ0v) is 12.5. The number of nitrogens with two attached hydrogens (primary N) is 1. The first-order chi connectivity index (χ1) is 10.7. The predicted molar refractivity (Wildman–Crippen MR) is 94.6 cm³/mol. The van der Waals surface area contributed by atoms with Gasteiger partial charge in [0, 0.05) is 16.5 Å². The van der Waals surface area contributed by atoms with Crippen molar-refractivity contribution in [3.63, 3.8) is 0 Å². The number of para-hydroxylation sites is 2. The SMILES string of the molecule is CC1(N)C=CC=C(n2c3ccccc3c3ccccc32)C=C1. The Bertz CT molecular complexity index is 899. The minimum atomic E-state index is -0.406. The van der Waals surface area contributed by atoms with Crippen LogP contribution in [0.15, 0.2) is 78.9 Å². The summed E-state index contributed by atoms with van der Waals surface area (Å²) in [6.45, 7) is 2.00. The summed E-state index contributed by atoms with van der Waals surface area (Å²) in [7, 11) is 0. The fourth-order valence-corrected chi connectivity index (χ4v) is 3.08. The Hall–Kier alpha value is -2.58. The minimum Gasteiger partial charge on any atom is -0.319 e. The average molecular weight is 286 g/mol. The maximum absolute atomic E-state index is 6.20. The number of aromatic nitrogens is 1. The second kappa shape index (κ2) is 4.72. The van der Waals surface area contributed by atoms with Crippen LogP contribution in [-0.2, 0) is 0 Å². The van der Waals surface area contributed by atoms with Crippen LogP contribution in [0.1, 0.15) is 6.92 Å². The molecule has 1 unspecified atom stereocenters. The van der Waals surface area contributed by atoms with Gasteiger partial charge in [-0.05, 0) is 31.2 Å². The van der Waals surface area contributed by atoms with Gasteiger partial charge in [-0.1, -0.05) is 54.6 Å². The molecule has 1 atom stereocenters. The number of nitrogens with zero attached hydrogens (tertiary/aromatic N) is 1. The van der Waals surface area contributed by atoms with Gasteiger partial charge >= 0.3 is 0 Å². The first-order valence-corrected chi connectivity index (χ1v) is 7.52. The molecule has 0 aliphatic heterocycles. The van der Waals surface area contributed by atoms with Crippen molar-refractivity contribution in [2.45, 2.75) is 12.5 Å². The van der Waals surface area contributed by atoms with Crippen LogP contribution in [-0.4, -0.2) is 10.1 Å². The third-order valence-electron chi connectivity index (χ3n) is 4.17. The number of rotatable bonds is 1. The van der Waals surface area contributed by atoms with E-state index in [1.54, 1.807) is 0 Å². The second-order valence-electron chi connectivity index (χ2n) is 6.02. The van der Waals surface area contributed by atoms with Crippen molar-refractivity contribution in [2.24, 2.45) is 5.73 Å². The molecule has 0 amide bonds. The molecule has 0 saturated carbocycles. The molecule has 3 aromatic rings. The Balaban J connectivity index is 2.06. The van der Waals surface area contributed by atoms with Crippen molar-refractivity contribution < 1.29 is 0 Å². The van der Waals surface area contributed by atoms with E-state index in [4.69, 9.17) is 5.73 Å². The summed E-state index contributed by atoms with van der Waals surface area (Å²) in [6, 6.07) is 17.0. The lowest BCUT2D eigenvalue weighted by Crippen LogP contribution is -2.30. The number of allylic oxidation sites excluding steroid dienone is 4. The fraction of sp³-hybridized carbons (Fsp3) is 0.100. The van der Waals surface area contributed by atoms with Crippen LogP contribution in [0, 0.1) is 0 Å². The molecule has 0 radical (unpaired) electrons. The molecule has 4 rings (SSSR count). The maximum atomic E-state index is 6.20. The van der Waals surface area contributed by atoms with Crippen LogP contribution in [0.3, 0.4) is 0 Å². The molecule has 2 aromatic carbocycles.